The second-order valence-electron chi connectivity index (χ2n) is 7.77. The molecular formula is C25H21Cl2N3O4. The summed E-state index contributed by atoms with van der Waals surface area (Å²) in [6.45, 7) is 0.574. The van der Waals surface area contributed by atoms with E-state index in [1.165, 1.54) is 9.13 Å². The molecule has 0 aliphatic rings. The fourth-order valence-corrected chi connectivity index (χ4v) is 4.18. The molecule has 0 N–H and O–H groups in total. The van der Waals surface area contributed by atoms with E-state index in [0.29, 0.717) is 51.5 Å². The van der Waals surface area contributed by atoms with Crippen LogP contribution in [0.4, 0.5) is 0 Å². The highest BCUT2D eigenvalue weighted by Gasteiger charge is 2.19. The van der Waals surface area contributed by atoms with Gasteiger partial charge in [0.25, 0.3) is 12.0 Å². The molecule has 0 aliphatic heterocycles. The van der Waals surface area contributed by atoms with Gasteiger partial charge in [0.05, 0.1) is 29.4 Å². The SMILES string of the molecule is Cn1c(=O)n(CCCOC=O)c(=O)c2c(Cc3ccc(Cl)cc3)c(-c3ccc(Cl)cc3)ncc21. The van der Waals surface area contributed by atoms with Crippen molar-refractivity contribution < 1.29 is 9.53 Å². The summed E-state index contributed by atoms with van der Waals surface area (Å²) in [5.41, 5.74) is 2.64. The number of pyridine rings is 1. The molecule has 7 nitrogen and oxygen atoms in total. The predicted molar refractivity (Wildman–Crippen MR) is 133 cm³/mol. The number of aromatic nitrogens is 3. The van der Waals surface area contributed by atoms with Crippen LogP contribution in [0.3, 0.4) is 0 Å². The summed E-state index contributed by atoms with van der Waals surface area (Å²) in [6.07, 6.45) is 2.29. The lowest BCUT2D eigenvalue weighted by molar-refractivity contribution is -0.128. The van der Waals surface area contributed by atoms with Crippen LogP contribution in [-0.4, -0.2) is 27.2 Å². The number of carbonyl (C=O) groups is 1. The van der Waals surface area contributed by atoms with Crippen molar-refractivity contribution in [3.63, 3.8) is 0 Å². The number of carbonyl (C=O) groups excluding carboxylic acids is 1. The maximum Gasteiger partial charge on any atom is 0.331 e. The van der Waals surface area contributed by atoms with Crippen LogP contribution in [0.25, 0.3) is 22.2 Å². The molecule has 0 unspecified atom stereocenters. The Kier molecular flexibility index (Phi) is 7.14. The fourth-order valence-electron chi connectivity index (χ4n) is 3.93. The van der Waals surface area contributed by atoms with Crippen LogP contribution in [-0.2, 0) is 29.5 Å². The van der Waals surface area contributed by atoms with E-state index in [1.807, 2.05) is 24.3 Å². The maximum absolute atomic E-state index is 13.6. The van der Waals surface area contributed by atoms with Crippen LogP contribution in [0.1, 0.15) is 17.5 Å². The van der Waals surface area contributed by atoms with Gasteiger partial charge in [-0.25, -0.2) is 4.79 Å². The van der Waals surface area contributed by atoms with Gasteiger partial charge in [0.1, 0.15) is 0 Å². The summed E-state index contributed by atoms with van der Waals surface area (Å²) >= 11 is 12.1. The van der Waals surface area contributed by atoms with Crippen molar-refractivity contribution >= 4 is 40.6 Å². The monoisotopic (exact) mass is 497 g/mol. The quantitative estimate of drug-likeness (QED) is 0.268. The topological polar surface area (TPSA) is 83.2 Å². The Bertz CT molecular complexity index is 1460. The smallest absolute Gasteiger partial charge is 0.331 e. The van der Waals surface area contributed by atoms with E-state index in [4.69, 9.17) is 27.9 Å². The maximum atomic E-state index is 13.6. The van der Waals surface area contributed by atoms with Crippen molar-refractivity contribution in [3.8, 4) is 11.3 Å². The van der Waals surface area contributed by atoms with Crippen molar-refractivity contribution in [3.05, 3.63) is 96.7 Å². The molecule has 0 amide bonds. The summed E-state index contributed by atoms with van der Waals surface area (Å²) in [5.74, 6) is 0. The number of aryl methyl sites for hydroxylation is 1. The van der Waals surface area contributed by atoms with Crippen LogP contribution >= 0.6 is 23.2 Å². The van der Waals surface area contributed by atoms with E-state index in [9.17, 15) is 14.4 Å². The minimum absolute atomic E-state index is 0.112. The third-order valence-electron chi connectivity index (χ3n) is 5.62. The first-order valence-corrected chi connectivity index (χ1v) is 11.3. The molecule has 0 bridgehead atoms. The van der Waals surface area contributed by atoms with Gasteiger partial charge >= 0.3 is 5.69 Å². The highest BCUT2D eigenvalue weighted by Crippen LogP contribution is 2.29. The highest BCUT2D eigenvalue weighted by molar-refractivity contribution is 6.30. The summed E-state index contributed by atoms with van der Waals surface area (Å²) in [4.78, 5) is 41.6. The molecule has 34 heavy (non-hydrogen) atoms. The summed E-state index contributed by atoms with van der Waals surface area (Å²) < 4.78 is 7.31. The van der Waals surface area contributed by atoms with Crippen molar-refractivity contribution in [2.75, 3.05) is 6.61 Å². The van der Waals surface area contributed by atoms with Gasteiger partial charge in [0.15, 0.2) is 0 Å². The molecule has 2 heterocycles. The molecule has 0 spiro atoms. The Labute approximate surface area is 205 Å². The van der Waals surface area contributed by atoms with Crippen LogP contribution in [0.5, 0.6) is 0 Å². The molecule has 4 aromatic rings. The number of ether oxygens (including phenoxy) is 1. The second-order valence-corrected chi connectivity index (χ2v) is 8.65. The Morgan fingerprint density at radius 3 is 2.29 bits per heavy atom. The van der Waals surface area contributed by atoms with Crippen molar-refractivity contribution in [1.82, 2.24) is 14.1 Å². The summed E-state index contributed by atoms with van der Waals surface area (Å²) in [5, 5.41) is 1.61. The van der Waals surface area contributed by atoms with E-state index in [0.717, 1.165) is 11.1 Å². The number of hydrogen-bond donors (Lipinski definition) is 0. The molecule has 0 atom stereocenters. The van der Waals surface area contributed by atoms with Gasteiger partial charge in [0, 0.05) is 35.6 Å². The van der Waals surface area contributed by atoms with Gasteiger partial charge in [-0.05, 0) is 41.8 Å². The molecular weight excluding hydrogens is 477 g/mol. The van der Waals surface area contributed by atoms with Crippen molar-refractivity contribution in [2.45, 2.75) is 19.4 Å². The van der Waals surface area contributed by atoms with Crippen LogP contribution in [0, 0.1) is 0 Å². The molecule has 4 rings (SSSR count). The number of rotatable bonds is 8. The molecule has 0 saturated heterocycles. The van der Waals surface area contributed by atoms with Gasteiger partial charge < -0.3 is 4.74 Å². The minimum atomic E-state index is -0.456. The van der Waals surface area contributed by atoms with Crippen LogP contribution in [0.15, 0.2) is 64.3 Å². The average molecular weight is 498 g/mol. The lowest BCUT2D eigenvalue weighted by atomic mass is 9.96. The zero-order chi connectivity index (χ0) is 24.2. The number of benzene rings is 2. The van der Waals surface area contributed by atoms with Gasteiger partial charge in [-0.3, -0.25) is 23.7 Å². The number of fused-ring (bicyclic) bond motifs is 1. The predicted octanol–water partition coefficient (Wildman–Crippen LogP) is 4.22. The molecule has 0 aliphatic carbocycles. The van der Waals surface area contributed by atoms with Crippen LogP contribution < -0.4 is 11.2 Å². The highest BCUT2D eigenvalue weighted by atomic mass is 35.5. The lowest BCUT2D eigenvalue weighted by Crippen LogP contribution is -2.40. The first-order valence-electron chi connectivity index (χ1n) is 10.6. The van der Waals surface area contributed by atoms with E-state index in [2.05, 4.69) is 4.98 Å². The first-order chi connectivity index (χ1) is 16.4. The Hall–Kier alpha value is -3.42. The molecule has 9 heteroatoms. The average Bonchev–Trinajstić information content (AvgIpc) is 2.84. The van der Waals surface area contributed by atoms with Crippen molar-refractivity contribution in [2.24, 2.45) is 7.05 Å². The fraction of sp³-hybridized carbons (Fsp3) is 0.200. The Morgan fingerprint density at radius 1 is 1.00 bits per heavy atom. The normalized spacial score (nSPS) is 11.0. The zero-order valence-corrected chi connectivity index (χ0v) is 19.8. The molecule has 2 aromatic carbocycles. The van der Waals surface area contributed by atoms with Gasteiger partial charge in [-0.1, -0.05) is 47.5 Å². The van der Waals surface area contributed by atoms with E-state index in [1.54, 1.807) is 37.5 Å². The molecule has 174 valence electrons. The van der Waals surface area contributed by atoms with E-state index < -0.39 is 11.2 Å². The molecule has 2 aromatic heterocycles. The standard InChI is InChI=1S/C25H21Cl2N3O4/c1-29-21-14-28-23(17-5-9-19(27)10-6-17)20(13-16-3-7-18(26)8-4-16)22(21)24(32)30(25(29)33)11-2-12-34-15-31/h3-10,14-15H,2,11-13H2,1H3. The lowest BCUT2D eigenvalue weighted by Gasteiger charge is -2.16. The van der Waals surface area contributed by atoms with E-state index >= 15 is 0 Å². The largest absolute Gasteiger partial charge is 0.468 e. The molecule has 0 fully saturated rings. The third-order valence-corrected chi connectivity index (χ3v) is 6.13. The molecule has 0 radical (unpaired) electrons. The number of nitrogens with zero attached hydrogens (tertiary/aromatic N) is 3. The van der Waals surface area contributed by atoms with Gasteiger partial charge in [-0.15, -0.1) is 0 Å². The number of hydrogen-bond acceptors (Lipinski definition) is 5. The molecule has 0 saturated carbocycles. The zero-order valence-electron chi connectivity index (χ0n) is 18.3. The van der Waals surface area contributed by atoms with Gasteiger partial charge in [-0.2, -0.15) is 0 Å². The van der Waals surface area contributed by atoms with Crippen LogP contribution in [0.2, 0.25) is 10.0 Å². The second kappa shape index (κ2) is 10.2. The minimum Gasteiger partial charge on any atom is -0.468 e. The number of halogens is 2. The summed E-state index contributed by atoms with van der Waals surface area (Å²) in [6, 6.07) is 14.6. The Morgan fingerprint density at radius 2 is 1.65 bits per heavy atom. The third kappa shape index (κ3) is 4.76. The Balaban J connectivity index is 1.97. The first kappa shape index (κ1) is 23.7. The van der Waals surface area contributed by atoms with Crippen molar-refractivity contribution in [1.29, 1.82) is 0 Å². The van der Waals surface area contributed by atoms with E-state index in [-0.39, 0.29) is 13.2 Å². The van der Waals surface area contributed by atoms with Gasteiger partial charge in [0.2, 0.25) is 0 Å². The summed E-state index contributed by atoms with van der Waals surface area (Å²) in [7, 11) is 1.61.